The molecule has 13 heavy (non-hydrogen) atoms. The molecule has 2 N–H and O–H groups in total. The maximum absolute atomic E-state index is 11.4. The molecule has 4 nitrogen and oxygen atoms in total. The Morgan fingerprint density at radius 1 is 1.62 bits per heavy atom. The Balaban J connectivity index is 2.24. The van der Waals surface area contributed by atoms with E-state index in [2.05, 4.69) is 10.6 Å². The summed E-state index contributed by atoms with van der Waals surface area (Å²) in [6.07, 6.45) is 2.77. The lowest BCUT2D eigenvalue weighted by molar-refractivity contribution is -0.132. The zero-order valence-corrected chi connectivity index (χ0v) is 8.14. The van der Waals surface area contributed by atoms with Gasteiger partial charge in [0.1, 0.15) is 6.10 Å². The Morgan fingerprint density at radius 2 is 2.46 bits per heavy atom. The van der Waals surface area contributed by atoms with Crippen LogP contribution in [0.2, 0.25) is 0 Å². The van der Waals surface area contributed by atoms with E-state index in [0.29, 0.717) is 6.61 Å². The Morgan fingerprint density at radius 3 is 3.23 bits per heavy atom. The van der Waals surface area contributed by atoms with Gasteiger partial charge in [0.2, 0.25) is 5.91 Å². The van der Waals surface area contributed by atoms with Gasteiger partial charge in [-0.05, 0) is 26.3 Å². The molecule has 1 fully saturated rings. The van der Waals surface area contributed by atoms with Crippen LogP contribution in [0.3, 0.4) is 0 Å². The van der Waals surface area contributed by atoms with Crippen LogP contribution in [0.4, 0.5) is 0 Å². The van der Waals surface area contributed by atoms with Crippen molar-refractivity contribution in [2.75, 3.05) is 26.7 Å². The second kappa shape index (κ2) is 5.94. The molecule has 1 amide bonds. The summed E-state index contributed by atoms with van der Waals surface area (Å²) in [6, 6.07) is 0. The fraction of sp³-hybridized carbons (Fsp3) is 0.889. The van der Waals surface area contributed by atoms with Crippen molar-refractivity contribution in [1.82, 2.24) is 10.6 Å². The monoisotopic (exact) mass is 186 g/mol. The minimum Gasteiger partial charge on any atom is -0.367 e. The molecule has 76 valence electrons. The molecular formula is C9H18N2O2. The average molecular weight is 186 g/mol. The highest BCUT2D eigenvalue weighted by Crippen LogP contribution is 2.08. The topological polar surface area (TPSA) is 50.4 Å². The molecule has 1 heterocycles. The molecule has 1 saturated heterocycles. The predicted molar refractivity (Wildman–Crippen MR) is 50.5 cm³/mol. The maximum Gasteiger partial charge on any atom is 0.249 e. The number of ether oxygens (including phenoxy) is 1. The summed E-state index contributed by atoms with van der Waals surface area (Å²) in [6.45, 7) is 2.20. The van der Waals surface area contributed by atoms with E-state index in [1.807, 2.05) is 7.05 Å². The number of amides is 1. The van der Waals surface area contributed by atoms with Gasteiger partial charge in [-0.1, -0.05) is 0 Å². The second-order valence-corrected chi connectivity index (χ2v) is 3.25. The largest absolute Gasteiger partial charge is 0.367 e. The Kier molecular flexibility index (Phi) is 4.78. The molecule has 0 saturated carbocycles. The second-order valence-electron chi connectivity index (χ2n) is 3.25. The fourth-order valence-electron chi connectivity index (χ4n) is 1.37. The minimum atomic E-state index is -0.226. The first-order valence-electron chi connectivity index (χ1n) is 4.88. The Bertz CT molecular complexity index is 162. The van der Waals surface area contributed by atoms with Crippen molar-refractivity contribution in [2.45, 2.75) is 25.4 Å². The van der Waals surface area contributed by atoms with Gasteiger partial charge in [-0.15, -0.1) is 0 Å². The van der Waals surface area contributed by atoms with Gasteiger partial charge in [0, 0.05) is 13.1 Å². The van der Waals surface area contributed by atoms with Gasteiger partial charge in [0.05, 0.1) is 6.61 Å². The smallest absolute Gasteiger partial charge is 0.249 e. The van der Waals surface area contributed by atoms with Gasteiger partial charge >= 0.3 is 0 Å². The minimum absolute atomic E-state index is 0.0496. The highest BCUT2D eigenvalue weighted by atomic mass is 16.5. The summed E-state index contributed by atoms with van der Waals surface area (Å²) in [5.74, 6) is 0.0496. The molecule has 4 heteroatoms. The molecule has 1 unspecified atom stereocenters. The SMILES string of the molecule is CNCCOC1CCCCNC1=O. The summed E-state index contributed by atoms with van der Waals surface area (Å²) in [5.41, 5.74) is 0. The van der Waals surface area contributed by atoms with Crippen molar-refractivity contribution in [3.05, 3.63) is 0 Å². The van der Waals surface area contributed by atoms with Gasteiger partial charge in [0.15, 0.2) is 0 Å². The van der Waals surface area contributed by atoms with E-state index in [-0.39, 0.29) is 12.0 Å². The molecule has 1 atom stereocenters. The molecule has 0 aromatic heterocycles. The maximum atomic E-state index is 11.4. The fourth-order valence-corrected chi connectivity index (χ4v) is 1.37. The van der Waals surface area contributed by atoms with Crippen LogP contribution < -0.4 is 10.6 Å². The van der Waals surface area contributed by atoms with E-state index in [4.69, 9.17) is 4.74 Å². The van der Waals surface area contributed by atoms with Gasteiger partial charge in [0.25, 0.3) is 0 Å². The molecule has 0 bridgehead atoms. The van der Waals surface area contributed by atoms with Crippen molar-refractivity contribution in [3.63, 3.8) is 0 Å². The van der Waals surface area contributed by atoms with Gasteiger partial charge in [-0.25, -0.2) is 0 Å². The van der Waals surface area contributed by atoms with Crippen LogP contribution >= 0.6 is 0 Å². The number of carbonyl (C=O) groups excluding carboxylic acids is 1. The van der Waals surface area contributed by atoms with Crippen LogP contribution in [0.25, 0.3) is 0 Å². The molecular weight excluding hydrogens is 168 g/mol. The van der Waals surface area contributed by atoms with Crippen LogP contribution in [0, 0.1) is 0 Å². The number of likely N-dealkylation sites (N-methyl/N-ethyl adjacent to an activating group) is 1. The number of hydrogen-bond acceptors (Lipinski definition) is 3. The summed E-state index contributed by atoms with van der Waals surface area (Å²) in [4.78, 5) is 11.4. The van der Waals surface area contributed by atoms with Crippen molar-refractivity contribution >= 4 is 5.91 Å². The molecule has 1 aliphatic rings. The van der Waals surface area contributed by atoms with Gasteiger partial charge in [-0.3, -0.25) is 4.79 Å². The van der Waals surface area contributed by atoms with Gasteiger partial charge < -0.3 is 15.4 Å². The number of rotatable bonds is 4. The predicted octanol–water partition coefficient (Wildman–Crippen LogP) is -0.109. The van der Waals surface area contributed by atoms with E-state index in [1.54, 1.807) is 0 Å². The molecule has 1 aliphatic heterocycles. The van der Waals surface area contributed by atoms with Crippen LogP contribution in [-0.2, 0) is 9.53 Å². The van der Waals surface area contributed by atoms with Crippen LogP contribution in [0.15, 0.2) is 0 Å². The molecule has 1 rings (SSSR count). The Labute approximate surface area is 79.0 Å². The van der Waals surface area contributed by atoms with E-state index in [0.717, 1.165) is 32.4 Å². The van der Waals surface area contributed by atoms with Crippen LogP contribution in [0.1, 0.15) is 19.3 Å². The lowest BCUT2D eigenvalue weighted by Gasteiger charge is -2.13. The van der Waals surface area contributed by atoms with Crippen molar-refractivity contribution in [2.24, 2.45) is 0 Å². The molecule has 0 spiro atoms. The zero-order valence-electron chi connectivity index (χ0n) is 8.14. The van der Waals surface area contributed by atoms with E-state index >= 15 is 0 Å². The number of carbonyl (C=O) groups is 1. The van der Waals surface area contributed by atoms with E-state index < -0.39 is 0 Å². The van der Waals surface area contributed by atoms with Crippen molar-refractivity contribution < 1.29 is 9.53 Å². The third-order valence-corrected chi connectivity index (χ3v) is 2.16. The normalized spacial score (nSPS) is 23.8. The zero-order chi connectivity index (χ0) is 9.52. The van der Waals surface area contributed by atoms with Crippen LogP contribution in [0.5, 0.6) is 0 Å². The molecule has 0 radical (unpaired) electrons. The lowest BCUT2D eigenvalue weighted by atomic mass is 10.2. The molecule has 0 aromatic carbocycles. The van der Waals surface area contributed by atoms with Crippen LogP contribution in [-0.4, -0.2) is 38.8 Å². The standard InChI is InChI=1S/C9H18N2O2/c1-10-6-7-13-8-4-2-3-5-11-9(8)12/h8,10H,2-7H2,1H3,(H,11,12). The summed E-state index contributed by atoms with van der Waals surface area (Å²) in [5, 5.41) is 5.82. The summed E-state index contributed by atoms with van der Waals surface area (Å²) in [7, 11) is 1.87. The van der Waals surface area contributed by atoms with E-state index in [1.165, 1.54) is 0 Å². The third-order valence-electron chi connectivity index (χ3n) is 2.16. The first-order chi connectivity index (χ1) is 6.34. The van der Waals surface area contributed by atoms with E-state index in [9.17, 15) is 4.79 Å². The quantitative estimate of drug-likeness (QED) is 0.602. The average Bonchev–Trinajstić information content (AvgIpc) is 2.32. The molecule has 0 aromatic rings. The van der Waals surface area contributed by atoms with Gasteiger partial charge in [-0.2, -0.15) is 0 Å². The summed E-state index contributed by atoms with van der Waals surface area (Å²) < 4.78 is 5.44. The van der Waals surface area contributed by atoms with Crippen molar-refractivity contribution in [1.29, 1.82) is 0 Å². The molecule has 0 aliphatic carbocycles. The number of hydrogen-bond donors (Lipinski definition) is 2. The highest BCUT2D eigenvalue weighted by Gasteiger charge is 2.20. The Hall–Kier alpha value is -0.610. The first kappa shape index (κ1) is 10.5. The lowest BCUT2D eigenvalue weighted by Crippen LogP contribution is -2.35. The first-order valence-corrected chi connectivity index (χ1v) is 4.88. The number of nitrogens with one attached hydrogen (secondary N) is 2. The third kappa shape index (κ3) is 3.74. The highest BCUT2D eigenvalue weighted by molar-refractivity contribution is 5.80. The van der Waals surface area contributed by atoms with Crippen molar-refractivity contribution in [3.8, 4) is 0 Å². The summed E-state index contributed by atoms with van der Waals surface area (Å²) >= 11 is 0.